The maximum atomic E-state index is 12.8. The normalized spacial score (nSPS) is 50.3. The summed E-state index contributed by atoms with van der Waals surface area (Å²) >= 11 is 0. The number of carbonyl (C=O) groups is 2. The molecule has 0 radical (unpaired) electrons. The van der Waals surface area contributed by atoms with Crippen molar-refractivity contribution in [2.45, 2.75) is 92.1 Å². The lowest BCUT2D eigenvalue weighted by molar-refractivity contribution is -0.165. The average Bonchev–Trinajstić information content (AvgIpc) is 2.80. The minimum atomic E-state index is -0.162. The van der Waals surface area contributed by atoms with Gasteiger partial charge >= 0.3 is 5.97 Å². The number of Topliss-reactive ketones (excluding diaryl/α,β-unsaturated/α-hetero) is 1. The minimum Gasteiger partial charge on any atom is -0.462 e. The molecule has 4 rings (SSSR count). The third-order valence-corrected chi connectivity index (χ3v) is 9.75. The second-order valence-corrected chi connectivity index (χ2v) is 10.4. The lowest BCUT2D eigenvalue weighted by Crippen LogP contribution is -2.60. The summed E-state index contributed by atoms with van der Waals surface area (Å²) in [5.74, 6) is 0.907. The van der Waals surface area contributed by atoms with Gasteiger partial charge in [0.1, 0.15) is 11.9 Å². The first-order chi connectivity index (χ1) is 12.1. The van der Waals surface area contributed by atoms with Gasteiger partial charge in [-0.3, -0.25) is 9.59 Å². The van der Waals surface area contributed by atoms with E-state index in [1.165, 1.54) is 12.5 Å². The molecule has 3 nitrogen and oxygen atoms in total. The van der Waals surface area contributed by atoms with Crippen LogP contribution in [0.5, 0.6) is 0 Å². The van der Waals surface area contributed by atoms with Crippen molar-refractivity contribution in [3.05, 3.63) is 11.6 Å². The van der Waals surface area contributed by atoms with Crippen molar-refractivity contribution >= 4 is 11.8 Å². The summed E-state index contributed by atoms with van der Waals surface area (Å²) in [5, 5.41) is 0. The first-order valence-corrected chi connectivity index (χ1v) is 10.5. The van der Waals surface area contributed by atoms with E-state index in [2.05, 4.69) is 33.8 Å². The van der Waals surface area contributed by atoms with E-state index in [1.54, 1.807) is 0 Å². The fraction of sp³-hybridized carbons (Fsp3) is 0.826. The van der Waals surface area contributed by atoms with E-state index in [0.717, 1.165) is 51.4 Å². The van der Waals surface area contributed by atoms with Gasteiger partial charge in [0, 0.05) is 25.2 Å². The fourth-order valence-corrected chi connectivity index (χ4v) is 7.53. The van der Waals surface area contributed by atoms with Crippen LogP contribution >= 0.6 is 0 Å². The van der Waals surface area contributed by atoms with Crippen molar-refractivity contribution in [2.24, 2.45) is 27.6 Å². The lowest BCUT2D eigenvalue weighted by atomic mass is 9.37. The number of carbonyl (C=O) groups excluding carboxylic acids is 2. The second-order valence-electron chi connectivity index (χ2n) is 10.4. The molecular formula is C23H34O3. The smallest absolute Gasteiger partial charge is 0.302 e. The number of ether oxygens (including phenoxy) is 1. The number of fused-ring (bicyclic) bond motifs is 5. The second kappa shape index (κ2) is 5.45. The van der Waals surface area contributed by atoms with Crippen molar-refractivity contribution in [3.8, 4) is 0 Å². The van der Waals surface area contributed by atoms with E-state index in [9.17, 15) is 9.59 Å². The predicted octanol–water partition coefficient (Wildman–Crippen LogP) is 5.23. The molecule has 0 aromatic rings. The van der Waals surface area contributed by atoms with Crippen LogP contribution in [0.4, 0.5) is 0 Å². The van der Waals surface area contributed by atoms with Crippen molar-refractivity contribution in [1.29, 1.82) is 0 Å². The van der Waals surface area contributed by atoms with Crippen LogP contribution in [-0.4, -0.2) is 17.9 Å². The van der Waals surface area contributed by atoms with Gasteiger partial charge in [-0.25, -0.2) is 0 Å². The largest absolute Gasteiger partial charge is 0.462 e. The molecule has 26 heavy (non-hydrogen) atoms. The highest BCUT2D eigenvalue weighted by molar-refractivity contribution is 5.88. The molecule has 3 saturated carbocycles. The summed E-state index contributed by atoms with van der Waals surface area (Å²) in [7, 11) is 0. The maximum Gasteiger partial charge on any atom is 0.302 e. The zero-order valence-electron chi connectivity index (χ0n) is 17.1. The Bertz CT molecular complexity index is 694. The highest BCUT2D eigenvalue weighted by Crippen LogP contribution is 2.74. The van der Waals surface area contributed by atoms with Gasteiger partial charge in [0.05, 0.1) is 0 Å². The molecule has 0 spiro atoms. The molecule has 3 fully saturated rings. The number of allylic oxidation sites excluding steroid dienone is 1. The van der Waals surface area contributed by atoms with Crippen LogP contribution in [0.2, 0.25) is 0 Å². The molecule has 0 bridgehead atoms. The van der Waals surface area contributed by atoms with E-state index < -0.39 is 0 Å². The molecule has 4 aliphatic rings. The summed E-state index contributed by atoms with van der Waals surface area (Å²) in [6.45, 7) is 11.1. The first kappa shape index (κ1) is 18.3. The fourth-order valence-electron chi connectivity index (χ4n) is 7.53. The Labute approximate surface area is 157 Å². The Hall–Kier alpha value is -1.12. The van der Waals surface area contributed by atoms with Crippen molar-refractivity contribution in [2.75, 3.05) is 0 Å². The van der Waals surface area contributed by atoms with Crippen LogP contribution in [0.3, 0.4) is 0 Å². The predicted molar refractivity (Wildman–Crippen MR) is 101 cm³/mol. The maximum absolute atomic E-state index is 12.8. The molecule has 0 saturated heterocycles. The third kappa shape index (κ3) is 2.06. The van der Waals surface area contributed by atoms with E-state index in [0.29, 0.717) is 11.7 Å². The summed E-state index contributed by atoms with van der Waals surface area (Å²) in [5.41, 5.74) is 1.90. The Kier molecular flexibility index (Phi) is 3.83. The van der Waals surface area contributed by atoms with Crippen LogP contribution in [0.1, 0.15) is 86.0 Å². The number of hydrogen-bond donors (Lipinski definition) is 0. The zero-order chi connectivity index (χ0) is 19.0. The monoisotopic (exact) mass is 358 g/mol. The van der Waals surface area contributed by atoms with Gasteiger partial charge in [0.25, 0.3) is 0 Å². The molecule has 0 aromatic carbocycles. The van der Waals surface area contributed by atoms with Gasteiger partial charge in [-0.05, 0) is 60.7 Å². The van der Waals surface area contributed by atoms with Crippen molar-refractivity contribution in [1.82, 2.24) is 0 Å². The van der Waals surface area contributed by atoms with Gasteiger partial charge in [0.2, 0.25) is 0 Å². The van der Waals surface area contributed by atoms with Crippen LogP contribution in [-0.2, 0) is 14.3 Å². The quantitative estimate of drug-likeness (QED) is 0.476. The van der Waals surface area contributed by atoms with Gasteiger partial charge in [0.15, 0.2) is 0 Å². The highest BCUT2D eigenvalue weighted by Gasteiger charge is 2.68. The molecule has 0 amide bonds. The van der Waals surface area contributed by atoms with Crippen molar-refractivity contribution in [3.63, 3.8) is 0 Å². The lowest BCUT2D eigenvalue weighted by Gasteiger charge is -2.66. The first-order valence-electron chi connectivity index (χ1n) is 10.5. The van der Waals surface area contributed by atoms with Crippen LogP contribution in [0.25, 0.3) is 0 Å². The number of hydrogen-bond acceptors (Lipinski definition) is 3. The Morgan fingerprint density at radius 1 is 1.04 bits per heavy atom. The zero-order valence-corrected chi connectivity index (χ0v) is 17.1. The molecular weight excluding hydrogens is 324 g/mol. The van der Waals surface area contributed by atoms with Crippen molar-refractivity contribution < 1.29 is 14.3 Å². The summed E-state index contributed by atoms with van der Waals surface area (Å²) < 4.78 is 5.55. The standard InChI is InChI=1S/C23H34O3/c1-15(24)26-17-8-10-20(2)16(14-17)6-7-18-21(3)11-9-19(25)23(21,5)13-12-22(18,20)4/h6,17-18H,7-14H2,1-5H3/t17?,18-,20-,21-,22-,23+/m0/s1. The summed E-state index contributed by atoms with van der Waals surface area (Å²) in [6, 6.07) is 0. The Morgan fingerprint density at radius 2 is 1.73 bits per heavy atom. The minimum absolute atomic E-state index is 0.0458. The van der Waals surface area contributed by atoms with Gasteiger partial charge in [-0.2, -0.15) is 0 Å². The molecule has 3 heteroatoms. The number of rotatable bonds is 1. The summed E-state index contributed by atoms with van der Waals surface area (Å²) in [6.07, 6.45) is 10.5. The molecule has 6 atom stereocenters. The highest BCUT2D eigenvalue weighted by atomic mass is 16.5. The van der Waals surface area contributed by atoms with E-state index in [1.807, 2.05) is 0 Å². The molecule has 4 aliphatic carbocycles. The van der Waals surface area contributed by atoms with E-state index >= 15 is 0 Å². The molecule has 0 heterocycles. The average molecular weight is 359 g/mol. The Balaban J connectivity index is 1.71. The topological polar surface area (TPSA) is 43.4 Å². The molecule has 0 aliphatic heterocycles. The van der Waals surface area contributed by atoms with Gasteiger partial charge < -0.3 is 4.74 Å². The third-order valence-electron chi connectivity index (χ3n) is 9.75. The number of ketones is 1. The Morgan fingerprint density at radius 3 is 2.42 bits per heavy atom. The van der Waals surface area contributed by atoms with Gasteiger partial charge in [-0.1, -0.05) is 39.3 Å². The molecule has 0 aromatic heterocycles. The van der Waals surface area contributed by atoms with Crippen LogP contribution in [0.15, 0.2) is 11.6 Å². The van der Waals surface area contributed by atoms with Gasteiger partial charge in [-0.15, -0.1) is 0 Å². The van der Waals surface area contributed by atoms with E-state index in [-0.39, 0.29) is 33.7 Å². The van der Waals surface area contributed by atoms with Crippen LogP contribution < -0.4 is 0 Å². The summed E-state index contributed by atoms with van der Waals surface area (Å²) in [4.78, 5) is 24.2. The SMILES string of the molecule is CC(=O)OC1CC[C@@]2(C)C(=CC[C@@H]3[C@]2(C)CC[C@]2(C)C(=O)CC[C@@]32C)C1. The van der Waals surface area contributed by atoms with Crippen LogP contribution in [0, 0.1) is 27.6 Å². The molecule has 144 valence electrons. The van der Waals surface area contributed by atoms with E-state index in [4.69, 9.17) is 4.74 Å². The molecule has 0 N–H and O–H groups in total. The molecule has 1 unspecified atom stereocenters. The number of esters is 1.